The molecule has 0 aliphatic rings. The predicted molar refractivity (Wildman–Crippen MR) is 185 cm³/mol. The third kappa shape index (κ3) is 10.5. The lowest BCUT2D eigenvalue weighted by atomic mass is 10.0. The first-order valence-corrected chi connectivity index (χ1v) is 16.2. The normalized spacial score (nSPS) is 11.6. The van der Waals surface area contributed by atoms with Crippen molar-refractivity contribution < 1.29 is 33.0 Å². The standard InChI is InChI=1S/C34H38ClFN8O6/c1-4-6-7-28(33(46)49-5-2)41-29-19-23(40-34(47)50-17-16-48-3)8-9-25(29)22-14-15-37-24(18-22)20-38-31(45)13-10-26-30(44-21-39-42-43-44)12-11-27(35)32(26)36/h8-15,18-19,21,28,41H,4-7,16-17,20H2,1-3H3,(H,38,45)(H,40,47)/b13-10+/t28-/m1/s1. The van der Waals surface area contributed by atoms with Crippen molar-refractivity contribution in [3.63, 3.8) is 0 Å². The van der Waals surface area contributed by atoms with Crippen molar-refractivity contribution in [1.82, 2.24) is 30.5 Å². The van der Waals surface area contributed by atoms with Crippen molar-refractivity contribution in [3.05, 3.63) is 83.2 Å². The largest absolute Gasteiger partial charge is 0.464 e. The summed E-state index contributed by atoms with van der Waals surface area (Å²) in [6, 6.07) is 11.0. The first-order valence-electron chi connectivity index (χ1n) is 15.9. The van der Waals surface area contributed by atoms with Crippen LogP contribution in [0.1, 0.15) is 44.4 Å². The molecule has 0 saturated heterocycles. The lowest BCUT2D eigenvalue weighted by Gasteiger charge is -2.21. The number of hydrogen-bond donors (Lipinski definition) is 3. The van der Waals surface area contributed by atoms with Gasteiger partial charge in [0.15, 0.2) is 5.82 Å². The number of ether oxygens (including phenoxy) is 3. The number of unbranched alkanes of at least 4 members (excludes halogenated alkanes) is 1. The quantitative estimate of drug-likeness (QED) is 0.0711. The topological polar surface area (TPSA) is 171 Å². The molecule has 50 heavy (non-hydrogen) atoms. The zero-order valence-electron chi connectivity index (χ0n) is 27.8. The lowest BCUT2D eigenvalue weighted by Crippen LogP contribution is -2.31. The minimum absolute atomic E-state index is 0.0290. The van der Waals surface area contributed by atoms with Gasteiger partial charge in [0.1, 0.15) is 19.0 Å². The van der Waals surface area contributed by atoms with Gasteiger partial charge in [-0.1, -0.05) is 37.4 Å². The lowest BCUT2D eigenvalue weighted by molar-refractivity contribution is -0.144. The highest BCUT2D eigenvalue weighted by atomic mass is 35.5. The fraction of sp³-hybridized carbons (Fsp3) is 0.324. The number of nitrogens with one attached hydrogen (secondary N) is 3. The third-order valence-electron chi connectivity index (χ3n) is 7.21. The van der Waals surface area contributed by atoms with Gasteiger partial charge in [-0.15, -0.1) is 5.10 Å². The number of pyridine rings is 1. The van der Waals surface area contributed by atoms with E-state index < -0.39 is 29.8 Å². The van der Waals surface area contributed by atoms with Crippen molar-refractivity contribution in [2.24, 2.45) is 0 Å². The molecule has 4 rings (SSSR count). The highest BCUT2D eigenvalue weighted by Gasteiger charge is 2.21. The first kappa shape index (κ1) is 37.4. The number of anilines is 2. The number of nitrogens with zero attached hydrogens (tertiary/aromatic N) is 5. The van der Waals surface area contributed by atoms with E-state index in [1.54, 1.807) is 43.5 Å². The number of tetrazole rings is 1. The van der Waals surface area contributed by atoms with Crippen molar-refractivity contribution in [2.75, 3.05) is 37.6 Å². The average Bonchev–Trinajstić information content (AvgIpc) is 3.65. The van der Waals surface area contributed by atoms with Crippen LogP contribution in [0.5, 0.6) is 0 Å². The Morgan fingerprint density at radius 2 is 1.92 bits per heavy atom. The van der Waals surface area contributed by atoms with E-state index in [-0.39, 0.29) is 37.0 Å². The van der Waals surface area contributed by atoms with E-state index in [1.165, 1.54) is 42.4 Å². The zero-order valence-corrected chi connectivity index (χ0v) is 28.6. The number of aromatic nitrogens is 5. The van der Waals surface area contributed by atoms with Gasteiger partial charge in [0.25, 0.3) is 0 Å². The van der Waals surface area contributed by atoms with Crippen LogP contribution in [0.4, 0.5) is 20.6 Å². The Hall–Kier alpha value is -5.41. The predicted octanol–water partition coefficient (Wildman–Crippen LogP) is 5.58. The molecule has 1 atom stereocenters. The maximum Gasteiger partial charge on any atom is 0.411 e. The molecule has 2 aromatic carbocycles. The van der Waals surface area contributed by atoms with Crippen LogP contribution in [0.3, 0.4) is 0 Å². The molecule has 0 saturated carbocycles. The Kier molecular flexibility index (Phi) is 14.2. The summed E-state index contributed by atoms with van der Waals surface area (Å²) in [5, 5.41) is 19.6. The number of rotatable bonds is 17. The summed E-state index contributed by atoms with van der Waals surface area (Å²) in [4.78, 5) is 42.4. The van der Waals surface area contributed by atoms with E-state index in [0.29, 0.717) is 34.7 Å². The fourth-order valence-electron chi connectivity index (χ4n) is 4.78. The van der Waals surface area contributed by atoms with E-state index in [2.05, 4.69) is 36.5 Å². The molecule has 0 unspecified atom stereocenters. The number of halogens is 2. The Labute approximate surface area is 293 Å². The van der Waals surface area contributed by atoms with Crippen LogP contribution in [-0.4, -0.2) is 76.1 Å². The van der Waals surface area contributed by atoms with E-state index in [9.17, 15) is 18.8 Å². The molecule has 0 bridgehead atoms. The van der Waals surface area contributed by atoms with Gasteiger partial charge in [-0.3, -0.25) is 15.1 Å². The number of carbonyl (C=O) groups excluding carboxylic acids is 3. The van der Waals surface area contributed by atoms with Crippen LogP contribution in [0.25, 0.3) is 22.9 Å². The maximum atomic E-state index is 14.9. The average molecular weight is 709 g/mol. The summed E-state index contributed by atoms with van der Waals surface area (Å²) in [5.74, 6) is -1.63. The van der Waals surface area contributed by atoms with Crippen LogP contribution in [0.2, 0.25) is 5.02 Å². The highest BCUT2D eigenvalue weighted by Crippen LogP contribution is 2.32. The summed E-state index contributed by atoms with van der Waals surface area (Å²) in [6.45, 7) is 4.39. The van der Waals surface area contributed by atoms with Gasteiger partial charge < -0.3 is 24.8 Å². The number of hydrogen-bond acceptors (Lipinski definition) is 11. The van der Waals surface area contributed by atoms with Gasteiger partial charge in [-0.2, -0.15) is 4.68 Å². The molecular formula is C34H38ClFN8O6. The minimum Gasteiger partial charge on any atom is -0.464 e. The van der Waals surface area contributed by atoms with Gasteiger partial charge in [-0.05, 0) is 71.8 Å². The van der Waals surface area contributed by atoms with E-state index in [0.717, 1.165) is 18.4 Å². The SMILES string of the molecule is CCCC[C@@H](Nc1cc(NC(=O)OCCOC)ccc1-c1ccnc(CNC(=O)/C=C/c2c(-n3cnnn3)ccc(Cl)c2F)c1)C(=O)OCC. The van der Waals surface area contributed by atoms with E-state index in [4.69, 9.17) is 25.8 Å². The van der Waals surface area contributed by atoms with Crippen LogP contribution in [0.15, 0.2) is 61.1 Å². The van der Waals surface area contributed by atoms with E-state index >= 15 is 0 Å². The Bertz CT molecular complexity index is 1790. The number of amides is 2. The molecule has 3 N–H and O–H groups in total. The number of methoxy groups -OCH3 is 1. The molecule has 2 amide bonds. The van der Waals surface area contributed by atoms with Crippen molar-refractivity contribution in [1.29, 1.82) is 0 Å². The number of benzene rings is 2. The van der Waals surface area contributed by atoms with Gasteiger partial charge in [0, 0.05) is 41.9 Å². The zero-order chi connectivity index (χ0) is 35.9. The van der Waals surface area contributed by atoms with Crippen molar-refractivity contribution >= 4 is 47.0 Å². The molecule has 16 heteroatoms. The van der Waals surface area contributed by atoms with E-state index in [1.807, 2.05) is 6.92 Å². The molecule has 2 heterocycles. The maximum absolute atomic E-state index is 14.9. The molecule has 2 aromatic heterocycles. The second kappa shape index (κ2) is 19.0. The fourth-order valence-corrected chi connectivity index (χ4v) is 4.94. The highest BCUT2D eigenvalue weighted by molar-refractivity contribution is 6.31. The molecule has 0 spiro atoms. The van der Waals surface area contributed by atoms with Crippen LogP contribution in [0, 0.1) is 5.82 Å². The summed E-state index contributed by atoms with van der Waals surface area (Å²) >= 11 is 5.98. The Balaban J connectivity index is 1.55. The van der Waals surface area contributed by atoms with Crippen LogP contribution < -0.4 is 16.0 Å². The van der Waals surface area contributed by atoms with Crippen LogP contribution in [-0.2, 0) is 30.3 Å². The molecule has 0 radical (unpaired) electrons. The first-order chi connectivity index (χ1) is 24.2. The Morgan fingerprint density at radius 1 is 1.08 bits per heavy atom. The molecule has 0 aliphatic carbocycles. The summed E-state index contributed by atoms with van der Waals surface area (Å²) in [7, 11) is 1.51. The minimum atomic E-state index is -0.730. The number of esters is 1. The monoisotopic (exact) mass is 708 g/mol. The van der Waals surface area contributed by atoms with Gasteiger partial charge in [0.2, 0.25) is 5.91 Å². The van der Waals surface area contributed by atoms with Crippen molar-refractivity contribution in [3.8, 4) is 16.8 Å². The second-order valence-corrected chi connectivity index (χ2v) is 11.1. The van der Waals surface area contributed by atoms with Crippen molar-refractivity contribution in [2.45, 2.75) is 45.7 Å². The molecule has 0 fully saturated rings. The molecular weight excluding hydrogens is 671 g/mol. The summed E-state index contributed by atoms with van der Waals surface area (Å²) in [5.41, 5.74) is 3.27. The molecule has 14 nitrogen and oxygen atoms in total. The summed E-state index contributed by atoms with van der Waals surface area (Å²) < 4.78 is 31.5. The second-order valence-electron chi connectivity index (χ2n) is 10.7. The van der Waals surface area contributed by atoms with Crippen LogP contribution >= 0.6 is 11.6 Å². The number of carbonyl (C=O) groups is 3. The van der Waals surface area contributed by atoms with Gasteiger partial charge in [0.05, 0.1) is 36.2 Å². The molecule has 264 valence electrons. The smallest absolute Gasteiger partial charge is 0.411 e. The Morgan fingerprint density at radius 3 is 2.66 bits per heavy atom. The molecule has 4 aromatic rings. The van der Waals surface area contributed by atoms with Gasteiger partial charge in [-0.25, -0.2) is 14.0 Å². The third-order valence-corrected chi connectivity index (χ3v) is 7.50. The van der Waals surface area contributed by atoms with Gasteiger partial charge >= 0.3 is 12.1 Å². The molecule has 0 aliphatic heterocycles. The summed E-state index contributed by atoms with van der Waals surface area (Å²) in [6.07, 6.45) is 6.88.